The van der Waals surface area contributed by atoms with Crippen LogP contribution >= 0.6 is 0 Å². The minimum absolute atomic E-state index is 0.0121. The Bertz CT molecular complexity index is 917. The second-order valence-corrected chi connectivity index (χ2v) is 7.00. The zero-order chi connectivity index (χ0) is 18.8. The standard InChI is InChI=1S/C21H22N4O2/c1-15-23-18(14-22)21(27-15)24-12-9-17(10-13-24)20(26)25-11-5-4-7-16-6-2-3-8-19(16)25/h2-4,6-8,17H,5,9-13H2,1H3. The highest BCUT2D eigenvalue weighted by atomic mass is 16.4. The van der Waals surface area contributed by atoms with E-state index in [4.69, 9.17) is 4.42 Å². The van der Waals surface area contributed by atoms with Crippen molar-refractivity contribution in [3.8, 4) is 6.07 Å². The van der Waals surface area contributed by atoms with Gasteiger partial charge in [-0.1, -0.05) is 30.4 Å². The number of fused-ring (bicyclic) bond motifs is 1. The lowest BCUT2D eigenvalue weighted by Gasteiger charge is -2.34. The van der Waals surface area contributed by atoms with Crippen molar-refractivity contribution in [2.45, 2.75) is 26.2 Å². The number of carbonyl (C=O) groups excluding carboxylic acids is 1. The van der Waals surface area contributed by atoms with Crippen LogP contribution in [0.1, 0.15) is 36.4 Å². The molecule has 0 aliphatic carbocycles. The van der Waals surface area contributed by atoms with Gasteiger partial charge in [0, 0.05) is 32.5 Å². The number of amides is 1. The van der Waals surface area contributed by atoms with E-state index < -0.39 is 0 Å². The van der Waals surface area contributed by atoms with Gasteiger partial charge in [-0.3, -0.25) is 4.79 Å². The Morgan fingerprint density at radius 3 is 2.81 bits per heavy atom. The van der Waals surface area contributed by atoms with E-state index in [1.54, 1.807) is 6.92 Å². The summed E-state index contributed by atoms with van der Waals surface area (Å²) in [6, 6.07) is 10.1. The summed E-state index contributed by atoms with van der Waals surface area (Å²) in [5.41, 5.74) is 2.41. The first-order valence-corrected chi connectivity index (χ1v) is 9.37. The molecule has 1 fully saturated rings. The van der Waals surface area contributed by atoms with E-state index in [1.807, 2.05) is 28.0 Å². The topological polar surface area (TPSA) is 73.4 Å². The molecule has 6 nitrogen and oxygen atoms in total. The second kappa shape index (κ2) is 7.28. The third-order valence-corrected chi connectivity index (χ3v) is 5.26. The van der Waals surface area contributed by atoms with Crippen LogP contribution in [-0.4, -0.2) is 30.5 Å². The van der Waals surface area contributed by atoms with Crippen LogP contribution in [0.4, 0.5) is 11.6 Å². The molecule has 27 heavy (non-hydrogen) atoms. The Morgan fingerprint density at radius 1 is 1.26 bits per heavy atom. The van der Waals surface area contributed by atoms with Crippen molar-refractivity contribution in [2.24, 2.45) is 5.92 Å². The van der Waals surface area contributed by atoms with Crippen molar-refractivity contribution in [2.75, 3.05) is 29.4 Å². The van der Waals surface area contributed by atoms with Gasteiger partial charge in [-0.25, -0.2) is 4.98 Å². The molecule has 0 N–H and O–H groups in total. The number of piperidine rings is 1. The Kier molecular flexibility index (Phi) is 4.68. The summed E-state index contributed by atoms with van der Waals surface area (Å²) in [7, 11) is 0. The highest BCUT2D eigenvalue weighted by molar-refractivity contribution is 5.97. The number of para-hydroxylation sites is 1. The second-order valence-electron chi connectivity index (χ2n) is 7.00. The van der Waals surface area contributed by atoms with Gasteiger partial charge in [0.2, 0.25) is 17.5 Å². The van der Waals surface area contributed by atoms with E-state index in [1.165, 1.54) is 0 Å². The molecule has 0 unspecified atom stereocenters. The average molecular weight is 362 g/mol. The number of rotatable bonds is 2. The number of nitrogens with zero attached hydrogens (tertiary/aromatic N) is 4. The first-order valence-electron chi connectivity index (χ1n) is 9.37. The Labute approximate surface area is 158 Å². The molecule has 0 bridgehead atoms. The fourth-order valence-electron chi connectivity index (χ4n) is 3.89. The third kappa shape index (κ3) is 3.33. The quantitative estimate of drug-likeness (QED) is 0.817. The summed E-state index contributed by atoms with van der Waals surface area (Å²) in [6.45, 7) is 3.83. The fraction of sp³-hybridized carbons (Fsp3) is 0.381. The van der Waals surface area contributed by atoms with Crippen LogP contribution in [0.2, 0.25) is 0 Å². The molecule has 1 saturated heterocycles. The van der Waals surface area contributed by atoms with Crippen LogP contribution in [0.15, 0.2) is 34.8 Å². The molecule has 1 aromatic heterocycles. The first-order chi connectivity index (χ1) is 13.2. The average Bonchev–Trinajstić information content (AvgIpc) is 2.95. The van der Waals surface area contributed by atoms with E-state index in [2.05, 4.69) is 29.3 Å². The molecule has 3 heterocycles. The number of benzene rings is 1. The van der Waals surface area contributed by atoms with Gasteiger partial charge in [0.25, 0.3) is 0 Å². The molecule has 138 valence electrons. The summed E-state index contributed by atoms with van der Waals surface area (Å²) in [5, 5.41) is 9.23. The number of oxazole rings is 1. The van der Waals surface area contributed by atoms with Gasteiger partial charge < -0.3 is 14.2 Å². The van der Waals surface area contributed by atoms with Gasteiger partial charge in [-0.2, -0.15) is 5.26 Å². The van der Waals surface area contributed by atoms with Crippen molar-refractivity contribution in [1.82, 2.24) is 4.98 Å². The van der Waals surface area contributed by atoms with Crippen molar-refractivity contribution < 1.29 is 9.21 Å². The lowest BCUT2D eigenvalue weighted by atomic mass is 9.94. The Balaban J connectivity index is 1.47. The molecule has 0 saturated carbocycles. The molecular weight excluding hydrogens is 340 g/mol. The highest BCUT2D eigenvalue weighted by Crippen LogP contribution is 2.31. The van der Waals surface area contributed by atoms with Gasteiger partial charge in [0.05, 0.1) is 5.69 Å². The largest absolute Gasteiger partial charge is 0.424 e. The van der Waals surface area contributed by atoms with Crippen LogP contribution in [-0.2, 0) is 4.79 Å². The maximum absolute atomic E-state index is 13.2. The number of carbonyl (C=O) groups is 1. The number of aryl methyl sites for hydroxylation is 1. The van der Waals surface area contributed by atoms with Crippen LogP contribution in [0.3, 0.4) is 0 Å². The summed E-state index contributed by atoms with van der Waals surface area (Å²) in [5.74, 6) is 1.21. The Hall–Kier alpha value is -3.07. The summed E-state index contributed by atoms with van der Waals surface area (Å²) >= 11 is 0. The van der Waals surface area contributed by atoms with E-state index >= 15 is 0 Å². The van der Waals surface area contributed by atoms with Gasteiger partial charge in [-0.05, 0) is 30.9 Å². The fourth-order valence-corrected chi connectivity index (χ4v) is 3.89. The SMILES string of the molecule is Cc1nc(C#N)c(N2CCC(C(=O)N3CCC=Cc4ccccc43)CC2)o1. The minimum atomic E-state index is -0.0121. The van der Waals surface area contributed by atoms with Gasteiger partial charge in [0.15, 0.2) is 5.89 Å². The van der Waals surface area contributed by atoms with Crippen LogP contribution < -0.4 is 9.80 Å². The lowest BCUT2D eigenvalue weighted by Crippen LogP contribution is -2.43. The molecule has 0 radical (unpaired) electrons. The monoisotopic (exact) mass is 362 g/mol. The summed E-state index contributed by atoms with van der Waals surface area (Å²) in [6.07, 6.45) is 6.58. The van der Waals surface area contributed by atoms with Crippen LogP contribution in [0.5, 0.6) is 0 Å². The van der Waals surface area contributed by atoms with Crippen molar-refractivity contribution in [1.29, 1.82) is 5.26 Å². The van der Waals surface area contributed by atoms with E-state index in [0.717, 1.165) is 30.5 Å². The molecule has 2 aliphatic rings. The smallest absolute Gasteiger partial charge is 0.234 e. The number of nitriles is 1. The normalized spacial score (nSPS) is 17.3. The number of anilines is 2. The molecule has 1 amide bonds. The number of hydrogen-bond donors (Lipinski definition) is 0. The van der Waals surface area contributed by atoms with Gasteiger partial charge >= 0.3 is 0 Å². The van der Waals surface area contributed by atoms with E-state index in [-0.39, 0.29) is 11.8 Å². The zero-order valence-electron chi connectivity index (χ0n) is 15.4. The van der Waals surface area contributed by atoms with Crippen molar-refractivity contribution in [3.63, 3.8) is 0 Å². The van der Waals surface area contributed by atoms with Crippen molar-refractivity contribution >= 4 is 23.6 Å². The molecule has 6 heteroatoms. The Morgan fingerprint density at radius 2 is 2.04 bits per heavy atom. The van der Waals surface area contributed by atoms with Crippen LogP contribution in [0.25, 0.3) is 6.08 Å². The van der Waals surface area contributed by atoms with Crippen LogP contribution in [0, 0.1) is 24.2 Å². The number of aromatic nitrogens is 1. The van der Waals surface area contributed by atoms with Crippen molar-refractivity contribution in [3.05, 3.63) is 47.5 Å². The summed E-state index contributed by atoms with van der Waals surface area (Å²) in [4.78, 5) is 21.3. The molecule has 0 spiro atoms. The molecule has 2 aliphatic heterocycles. The van der Waals surface area contributed by atoms with E-state index in [9.17, 15) is 10.1 Å². The highest BCUT2D eigenvalue weighted by Gasteiger charge is 2.32. The predicted molar refractivity (Wildman–Crippen MR) is 103 cm³/mol. The third-order valence-electron chi connectivity index (χ3n) is 5.26. The molecule has 4 rings (SSSR count). The van der Waals surface area contributed by atoms with Gasteiger partial charge in [0.1, 0.15) is 6.07 Å². The predicted octanol–water partition coefficient (Wildman–Crippen LogP) is 3.52. The molecule has 0 atom stereocenters. The number of hydrogen-bond acceptors (Lipinski definition) is 5. The molecule has 2 aromatic rings. The maximum Gasteiger partial charge on any atom is 0.234 e. The zero-order valence-corrected chi connectivity index (χ0v) is 15.4. The summed E-state index contributed by atoms with van der Waals surface area (Å²) < 4.78 is 5.61. The maximum atomic E-state index is 13.2. The van der Waals surface area contributed by atoms with Gasteiger partial charge in [-0.15, -0.1) is 0 Å². The lowest BCUT2D eigenvalue weighted by molar-refractivity contribution is -0.123. The first kappa shape index (κ1) is 17.3. The molecule has 1 aromatic carbocycles. The molecular formula is C21H22N4O2. The van der Waals surface area contributed by atoms with E-state index in [0.29, 0.717) is 37.1 Å². The minimum Gasteiger partial charge on any atom is -0.424 e.